The molecule has 120 valence electrons. The molecule has 1 rings (SSSR count). The number of nitrogens with zero attached hydrogens (tertiary/aromatic N) is 1. The second-order valence-corrected chi connectivity index (χ2v) is 4.63. The molecule has 8 heteroatoms. The third-order valence-corrected chi connectivity index (χ3v) is 2.93. The van der Waals surface area contributed by atoms with Gasteiger partial charge in [0.2, 0.25) is 5.91 Å². The Morgan fingerprint density at radius 3 is 2.64 bits per heavy atom. The number of carbonyl (C=O) groups is 2. The summed E-state index contributed by atoms with van der Waals surface area (Å²) in [5.74, 6) is -0.807. The van der Waals surface area contributed by atoms with E-state index in [1.807, 2.05) is 6.92 Å². The number of amides is 2. The molecule has 0 heterocycles. The predicted octanol–water partition coefficient (Wildman–Crippen LogP) is 1.25. The highest BCUT2D eigenvalue weighted by Gasteiger charge is 2.20. The van der Waals surface area contributed by atoms with Crippen LogP contribution in [-0.2, 0) is 4.79 Å². The lowest BCUT2D eigenvalue weighted by atomic mass is 10.1. The molecule has 0 saturated carbocycles. The highest BCUT2D eigenvalue weighted by atomic mass is 16.6. The number of carbonyl (C=O) groups excluding carboxylic acids is 2. The predicted molar refractivity (Wildman–Crippen MR) is 79.9 cm³/mol. The van der Waals surface area contributed by atoms with Crippen LogP contribution in [0.15, 0.2) is 18.2 Å². The molecule has 0 aliphatic carbocycles. The van der Waals surface area contributed by atoms with E-state index in [-0.39, 0.29) is 22.9 Å². The smallest absolute Gasteiger partial charge is 0.311 e. The van der Waals surface area contributed by atoms with Gasteiger partial charge in [0.05, 0.1) is 12.0 Å². The third-order valence-electron chi connectivity index (χ3n) is 2.93. The number of ether oxygens (including phenoxy) is 1. The highest BCUT2D eigenvalue weighted by molar-refractivity contribution is 5.98. The monoisotopic (exact) mass is 309 g/mol. The van der Waals surface area contributed by atoms with Crippen LogP contribution >= 0.6 is 0 Å². The molecule has 8 nitrogen and oxygen atoms in total. The molecular formula is C14H19N3O5. The molecule has 0 aliphatic rings. The van der Waals surface area contributed by atoms with Crippen LogP contribution < -0.4 is 15.4 Å². The minimum atomic E-state index is -0.736. The van der Waals surface area contributed by atoms with Crippen molar-refractivity contribution in [3.63, 3.8) is 0 Å². The Bertz CT molecular complexity index is 574. The molecule has 0 aromatic heterocycles. The maximum absolute atomic E-state index is 12.1. The third kappa shape index (κ3) is 4.44. The lowest BCUT2D eigenvalue weighted by molar-refractivity contribution is -0.385. The maximum Gasteiger partial charge on any atom is 0.311 e. The van der Waals surface area contributed by atoms with Gasteiger partial charge in [-0.1, -0.05) is 6.92 Å². The first-order valence-electron chi connectivity index (χ1n) is 6.81. The first-order chi connectivity index (χ1) is 10.4. The zero-order valence-corrected chi connectivity index (χ0v) is 12.7. The van der Waals surface area contributed by atoms with Gasteiger partial charge < -0.3 is 15.4 Å². The lowest BCUT2D eigenvalue weighted by Gasteiger charge is -2.14. The second-order valence-electron chi connectivity index (χ2n) is 4.63. The molecule has 1 atom stereocenters. The molecule has 0 saturated heterocycles. The molecule has 1 aromatic rings. The van der Waals surface area contributed by atoms with Crippen LogP contribution in [0.5, 0.6) is 5.75 Å². The SMILES string of the molecule is CCCNC(=O)[C@@H](C)NC(=O)c1ccc(OC)c([N+](=O)[O-])c1. The van der Waals surface area contributed by atoms with E-state index < -0.39 is 16.9 Å². The number of methoxy groups -OCH3 is 1. The molecule has 22 heavy (non-hydrogen) atoms. The number of hydrogen-bond acceptors (Lipinski definition) is 5. The molecule has 0 aliphatic heterocycles. The number of nitro groups is 1. The number of nitro benzene ring substituents is 1. The van der Waals surface area contributed by atoms with Crippen molar-refractivity contribution in [1.82, 2.24) is 10.6 Å². The summed E-state index contributed by atoms with van der Waals surface area (Å²) in [4.78, 5) is 34.0. The molecule has 0 spiro atoms. The van der Waals surface area contributed by atoms with Gasteiger partial charge >= 0.3 is 5.69 Å². The number of rotatable bonds is 7. The van der Waals surface area contributed by atoms with Gasteiger partial charge in [0, 0.05) is 18.2 Å². The highest BCUT2D eigenvalue weighted by Crippen LogP contribution is 2.27. The van der Waals surface area contributed by atoms with Crippen LogP contribution in [0.3, 0.4) is 0 Å². The van der Waals surface area contributed by atoms with E-state index in [0.717, 1.165) is 12.5 Å². The summed E-state index contributed by atoms with van der Waals surface area (Å²) in [6.07, 6.45) is 0.789. The summed E-state index contributed by atoms with van der Waals surface area (Å²) in [5, 5.41) is 16.1. The fourth-order valence-electron chi connectivity index (χ4n) is 1.72. The van der Waals surface area contributed by atoms with Crippen molar-refractivity contribution in [2.24, 2.45) is 0 Å². The Hall–Kier alpha value is -2.64. The van der Waals surface area contributed by atoms with Crippen molar-refractivity contribution in [3.8, 4) is 5.75 Å². The number of nitrogens with one attached hydrogen (secondary N) is 2. The normalized spacial score (nSPS) is 11.4. The van der Waals surface area contributed by atoms with Crippen LogP contribution in [-0.4, -0.2) is 36.4 Å². The molecule has 0 fully saturated rings. The molecule has 1 aromatic carbocycles. The van der Waals surface area contributed by atoms with Gasteiger partial charge in [-0.05, 0) is 25.5 Å². The van der Waals surface area contributed by atoms with Crippen LogP contribution in [0.25, 0.3) is 0 Å². The van der Waals surface area contributed by atoms with Gasteiger partial charge in [0.1, 0.15) is 6.04 Å². The van der Waals surface area contributed by atoms with E-state index in [2.05, 4.69) is 10.6 Å². The maximum atomic E-state index is 12.1. The van der Waals surface area contributed by atoms with Gasteiger partial charge in [-0.25, -0.2) is 0 Å². The Kier molecular flexibility index (Phi) is 6.30. The molecule has 2 N–H and O–H groups in total. The minimum absolute atomic E-state index is 0.0651. The second kappa shape index (κ2) is 7.96. The van der Waals surface area contributed by atoms with Crippen molar-refractivity contribution < 1.29 is 19.2 Å². The minimum Gasteiger partial charge on any atom is -0.490 e. The Morgan fingerprint density at radius 2 is 2.09 bits per heavy atom. The zero-order chi connectivity index (χ0) is 16.7. The van der Waals surface area contributed by atoms with Crippen molar-refractivity contribution in [2.45, 2.75) is 26.3 Å². The summed E-state index contributed by atoms with van der Waals surface area (Å²) in [7, 11) is 1.31. The van der Waals surface area contributed by atoms with Gasteiger partial charge in [-0.15, -0.1) is 0 Å². The molecular weight excluding hydrogens is 290 g/mol. The van der Waals surface area contributed by atoms with E-state index >= 15 is 0 Å². The average Bonchev–Trinajstić information content (AvgIpc) is 2.51. The van der Waals surface area contributed by atoms with Gasteiger partial charge in [0.25, 0.3) is 5.91 Å². The largest absolute Gasteiger partial charge is 0.490 e. The van der Waals surface area contributed by atoms with Crippen LogP contribution in [0.1, 0.15) is 30.6 Å². The van der Waals surface area contributed by atoms with E-state index in [0.29, 0.717) is 6.54 Å². The van der Waals surface area contributed by atoms with Crippen molar-refractivity contribution >= 4 is 17.5 Å². The summed E-state index contributed by atoms with van der Waals surface area (Å²) in [5.41, 5.74) is -0.221. The molecule has 0 radical (unpaired) electrons. The standard InChI is InChI=1S/C14H19N3O5/c1-4-7-15-13(18)9(2)16-14(19)10-5-6-12(22-3)11(8-10)17(20)21/h5-6,8-9H,4,7H2,1-3H3,(H,15,18)(H,16,19)/t9-/m1/s1. The zero-order valence-electron chi connectivity index (χ0n) is 12.7. The Labute approximate surface area is 128 Å². The van der Waals surface area contributed by atoms with E-state index in [1.165, 1.54) is 19.2 Å². The number of hydrogen-bond donors (Lipinski definition) is 2. The average molecular weight is 309 g/mol. The summed E-state index contributed by atoms with van der Waals surface area (Å²) in [6, 6.07) is 3.12. The molecule has 0 bridgehead atoms. The Balaban J connectivity index is 2.83. The first-order valence-corrected chi connectivity index (χ1v) is 6.81. The lowest BCUT2D eigenvalue weighted by Crippen LogP contribution is -2.45. The quantitative estimate of drug-likeness (QED) is 0.581. The van der Waals surface area contributed by atoms with Gasteiger partial charge in [-0.3, -0.25) is 19.7 Å². The van der Waals surface area contributed by atoms with Crippen molar-refractivity contribution in [3.05, 3.63) is 33.9 Å². The van der Waals surface area contributed by atoms with Gasteiger partial charge in [-0.2, -0.15) is 0 Å². The van der Waals surface area contributed by atoms with Crippen molar-refractivity contribution in [1.29, 1.82) is 0 Å². The van der Waals surface area contributed by atoms with Crippen LogP contribution in [0, 0.1) is 10.1 Å². The van der Waals surface area contributed by atoms with E-state index in [1.54, 1.807) is 6.92 Å². The first kappa shape index (κ1) is 17.4. The van der Waals surface area contributed by atoms with Crippen LogP contribution in [0.4, 0.5) is 5.69 Å². The van der Waals surface area contributed by atoms with E-state index in [9.17, 15) is 19.7 Å². The molecule has 0 unspecified atom stereocenters. The number of benzene rings is 1. The summed E-state index contributed by atoms with van der Waals surface area (Å²) >= 11 is 0. The fraction of sp³-hybridized carbons (Fsp3) is 0.429. The topological polar surface area (TPSA) is 111 Å². The molecule has 2 amide bonds. The summed E-state index contributed by atoms with van der Waals surface area (Å²) < 4.78 is 4.87. The van der Waals surface area contributed by atoms with Gasteiger partial charge in [0.15, 0.2) is 5.75 Å². The Morgan fingerprint density at radius 1 is 1.41 bits per heavy atom. The van der Waals surface area contributed by atoms with Crippen molar-refractivity contribution in [2.75, 3.05) is 13.7 Å². The summed E-state index contributed by atoms with van der Waals surface area (Å²) in [6.45, 7) is 3.98. The fourth-order valence-corrected chi connectivity index (χ4v) is 1.72. The van der Waals surface area contributed by atoms with E-state index in [4.69, 9.17) is 4.74 Å². The van der Waals surface area contributed by atoms with Crippen LogP contribution in [0.2, 0.25) is 0 Å².